The van der Waals surface area contributed by atoms with Gasteiger partial charge in [-0.05, 0) is 38.1 Å². The molecular formula is C13H16F2N4. The quantitative estimate of drug-likeness (QED) is 0.863. The summed E-state index contributed by atoms with van der Waals surface area (Å²) >= 11 is 0. The van der Waals surface area contributed by atoms with Crippen LogP contribution in [-0.2, 0) is 0 Å². The zero-order valence-electron chi connectivity index (χ0n) is 10.5. The van der Waals surface area contributed by atoms with E-state index in [1.807, 2.05) is 0 Å². The molecule has 1 unspecified atom stereocenters. The molecule has 2 aliphatic rings. The second-order valence-corrected chi connectivity index (χ2v) is 5.00. The Morgan fingerprint density at radius 2 is 2.05 bits per heavy atom. The van der Waals surface area contributed by atoms with Crippen LogP contribution in [0.1, 0.15) is 36.8 Å². The summed E-state index contributed by atoms with van der Waals surface area (Å²) in [6, 6.07) is 0. The third kappa shape index (κ3) is 2.73. The van der Waals surface area contributed by atoms with Crippen molar-refractivity contribution in [2.45, 2.75) is 31.4 Å². The Balaban J connectivity index is 1.81. The molecule has 102 valence electrons. The van der Waals surface area contributed by atoms with Gasteiger partial charge < -0.3 is 5.32 Å². The van der Waals surface area contributed by atoms with Gasteiger partial charge >= 0.3 is 0 Å². The number of hydrogen-bond donors (Lipinski definition) is 2. The van der Waals surface area contributed by atoms with Crippen molar-refractivity contribution in [3.8, 4) is 0 Å². The number of rotatable bonds is 2. The number of nitrogens with zero attached hydrogens (tertiary/aromatic N) is 2. The van der Waals surface area contributed by atoms with E-state index in [0.717, 1.165) is 31.8 Å². The first-order valence-electron chi connectivity index (χ1n) is 6.58. The predicted molar refractivity (Wildman–Crippen MR) is 67.9 cm³/mol. The average Bonchev–Trinajstić information content (AvgIpc) is 2.88. The van der Waals surface area contributed by atoms with Gasteiger partial charge in [0.1, 0.15) is 17.8 Å². The maximum Gasteiger partial charge on any atom is 0.181 e. The van der Waals surface area contributed by atoms with Crippen molar-refractivity contribution in [1.29, 1.82) is 0 Å². The van der Waals surface area contributed by atoms with Gasteiger partial charge in [-0.2, -0.15) is 5.10 Å². The first kappa shape index (κ1) is 12.5. The summed E-state index contributed by atoms with van der Waals surface area (Å²) in [5, 5.41) is 10.3. The van der Waals surface area contributed by atoms with E-state index in [4.69, 9.17) is 0 Å². The molecule has 0 aromatic carbocycles. The summed E-state index contributed by atoms with van der Waals surface area (Å²) in [4.78, 5) is 4.39. The second-order valence-electron chi connectivity index (χ2n) is 5.00. The molecule has 1 aromatic rings. The molecule has 0 radical (unpaired) electrons. The summed E-state index contributed by atoms with van der Waals surface area (Å²) in [5.41, 5.74) is 0.424. The Kier molecular flexibility index (Phi) is 3.42. The van der Waals surface area contributed by atoms with Crippen LogP contribution in [-0.4, -0.2) is 34.4 Å². The third-order valence-corrected chi connectivity index (χ3v) is 3.55. The summed E-state index contributed by atoms with van der Waals surface area (Å²) in [6.07, 6.45) is 3.22. The molecule has 4 nitrogen and oxygen atoms in total. The zero-order chi connectivity index (χ0) is 13.2. The predicted octanol–water partition coefficient (Wildman–Crippen LogP) is 2.25. The molecule has 19 heavy (non-hydrogen) atoms. The lowest BCUT2D eigenvalue weighted by atomic mass is 9.97. The molecule has 3 rings (SSSR count). The fourth-order valence-corrected chi connectivity index (χ4v) is 2.54. The molecular weight excluding hydrogens is 250 g/mol. The molecule has 1 atom stereocenters. The minimum absolute atomic E-state index is 0.185. The Morgan fingerprint density at radius 1 is 1.26 bits per heavy atom. The van der Waals surface area contributed by atoms with Crippen LogP contribution in [0.3, 0.4) is 0 Å². The van der Waals surface area contributed by atoms with Gasteiger partial charge in [0.05, 0.1) is 0 Å². The van der Waals surface area contributed by atoms with Crippen LogP contribution in [0, 0.1) is 0 Å². The monoisotopic (exact) mass is 266 g/mol. The van der Waals surface area contributed by atoms with Gasteiger partial charge in [-0.1, -0.05) is 0 Å². The van der Waals surface area contributed by atoms with Gasteiger partial charge in [-0.3, -0.25) is 5.10 Å². The van der Waals surface area contributed by atoms with Crippen LogP contribution >= 0.6 is 0 Å². The van der Waals surface area contributed by atoms with E-state index in [1.165, 1.54) is 12.2 Å². The van der Waals surface area contributed by atoms with Crippen LogP contribution in [0.5, 0.6) is 0 Å². The van der Waals surface area contributed by atoms with E-state index < -0.39 is 12.0 Å². The number of allylic oxidation sites excluding steroid dienone is 4. The summed E-state index contributed by atoms with van der Waals surface area (Å²) in [7, 11) is 0. The Bertz CT molecular complexity index is 514. The molecule has 1 aliphatic heterocycles. The Labute approximate surface area is 110 Å². The van der Waals surface area contributed by atoms with Crippen molar-refractivity contribution in [2.24, 2.45) is 0 Å². The minimum atomic E-state index is -1.29. The number of alkyl halides is 1. The standard InChI is InChI=1S/C13H16F2N4/c14-10-5-9(6-11(15)7-10)13-17-12(18-19-13)8-1-3-16-4-2-8/h5-6,8,10,16H,1-4,7H2,(H,17,18,19). The van der Waals surface area contributed by atoms with E-state index in [9.17, 15) is 8.78 Å². The summed E-state index contributed by atoms with van der Waals surface area (Å²) in [6.45, 7) is 1.93. The van der Waals surface area contributed by atoms with E-state index >= 15 is 0 Å². The largest absolute Gasteiger partial charge is 0.317 e. The number of aromatic nitrogens is 3. The highest BCUT2D eigenvalue weighted by molar-refractivity contribution is 5.71. The van der Waals surface area contributed by atoms with Gasteiger partial charge in [0.15, 0.2) is 5.82 Å². The fraction of sp³-hybridized carbons (Fsp3) is 0.538. The minimum Gasteiger partial charge on any atom is -0.317 e. The van der Waals surface area contributed by atoms with Crippen molar-refractivity contribution in [3.05, 3.63) is 29.6 Å². The molecule has 2 heterocycles. The Morgan fingerprint density at radius 3 is 2.79 bits per heavy atom. The maximum atomic E-state index is 13.3. The fourth-order valence-electron chi connectivity index (χ4n) is 2.54. The topological polar surface area (TPSA) is 53.6 Å². The molecule has 1 aromatic heterocycles. The van der Waals surface area contributed by atoms with Crippen molar-refractivity contribution in [3.63, 3.8) is 0 Å². The smallest absolute Gasteiger partial charge is 0.181 e. The number of piperidine rings is 1. The van der Waals surface area contributed by atoms with E-state index in [0.29, 0.717) is 17.3 Å². The third-order valence-electron chi connectivity index (χ3n) is 3.55. The molecule has 2 N–H and O–H groups in total. The van der Waals surface area contributed by atoms with Crippen LogP contribution in [0.25, 0.3) is 5.57 Å². The van der Waals surface area contributed by atoms with Crippen LogP contribution < -0.4 is 5.32 Å². The van der Waals surface area contributed by atoms with Crippen LogP contribution in [0.2, 0.25) is 0 Å². The molecule has 1 aliphatic carbocycles. The van der Waals surface area contributed by atoms with Crippen LogP contribution in [0.4, 0.5) is 8.78 Å². The van der Waals surface area contributed by atoms with Gasteiger partial charge in [0, 0.05) is 17.9 Å². The highest BCUT2D eigenvalue weighted by Crippen LogP contribution is 2.27. The number of H-pyrrole nitrogens is 1. The number of aromatic amines is 1. The van der Waals surface area contributed by atoms with E-state index in [2.05, 4.69) is 20.5 Å². The van der Waals surface area contributed by atoms with Gasteiger partial charge in [0.25, 0.3) is 0 Å². The maximum absolute atomic E-state index is 13.3. The molecule has 1 saturated heterocycles. The Hall–Kier alpha value is -1.56. The second kappa shape index (κ2) is 5.21. The lowest BCUT2D eigenvalue weighted by Crippen LogP contribution is -2.27. The van der Waals surface area contributed by atoms with Crippen molar-refractivity contribution < 1.29 is 8.78 Å². The summed E-state index contributed by atoms with van der Waals surface area (Å²) < 4.78 is 26.5. The molecule has 1 fully saturated rings. The molecule has 0 bridgehead atoms. The van der Waals surface area contributed by atoms with E-state index in [-0.39, 0.29) is 6.42 Å². The van der Waals surface area contributed by atoms with Crippen molar-refractivity contribution >= 4 is 5.57 Å². The van der Waals surface area contributed by atoms with Crippen molar-refractivity contribution in [1.82, 2.24) is 20.5 Å². The van der Waals surface area contributed by atoms with Crippen molar-refractivity contribution in [2.75, 3.05) is 13.1 Å². The summed E-state index contributed by atoms with van der Waals surface area (Å²) in [5.74, 6) is 1.08. The van der Waals surface area contributed by atoms with Gasteiger partial charge in [-0.25, -0.2) is 13.8 Å². The lowest BCUT2D eigenvalue weighted by molar-refractivity contribution is 0.370. The molecule has 0 amide bonds. The molecule has 6 heteroatoms. The zero-order valence-corrected chi connectivity index (χ0v) is 10.5. The van der Waals surface area contributed by atoms with Gasteiger partial charge in [0.2, 0.25) is 0 Å². The average molecular weight is 266 g/mol. The first-order chi connectivity index (χ1) is 9.22. The first-order valence-corrected chi connectivity index (χ1v) is 6.58. The van der Waals surface area contributed by atoms with Gasteiger partial charge in [-0.15, -0.1) is 0 Å². The number of nitrogens with one attached hydrogen (secondary N) is 2. The molecule has 0 saturated carbocycles. The lowest BCUT2D eigenvalue weighted by Gasteiger charge is -2.19. The normalized spacial score (nSPS) is 25.1. The highest BCUT2D eigenvalue weighted by Gasteiger charge is 2.21. The highest BCUT2D eigenvalue weighted by atomic mass is 19.1. The number of halogens is 2. The SMILES string of the molecule is FC1=CC(c2n[nH]c(C3CCNCC3)n2)=CC(F)C1. The van der Waals surface area contributed by atoms with E-state index in [1.54, 1.807) is 0 Å². The van der Waals surface area contributed by atoms with Crippen LogP contribution in [0.15, 0.2) is 18.0 Å². The molecule has 0 spiro atoms. The number of hydrogen-bond acceptors (Lipinski definition) is 3.